The number of unbranched alkanes of at least 4 members (excludes halogenated alkanes) is 20. The molecule has 0 aromatic rings. The van der Waals surface area contributed by atoms with Crippen molar-refractivity contribution in [2.75, 3.05) is 0 Å². The van der Waals surface area contributed by atoms with Gasteiger partial charge in [0.15, 0.2) is 0 Å². The maximum Gasteiger partial charge on any atom is 2.00 e. The Kier molecular flexibility index (Phi) is 42.5. The second-order valence-corrected chi connectivity index (χ2v) is 11.1. The van der Waals surface area contributed by atoms with Gasteiger partial charge in [0.05, 0.1) is 11.9 Å². The molecule has 0 bridgehead atoms. The fourth-order valence-corrected chi connectivity index (χ4v) is 4.58. The zero-order valence-electron chi connectivity index (χ0n) is 27.8. The molecule has 0 spiro atoms. The van der Waals surface area contributed by atoms with Gasteiger partial charge in [-0.3, -0.25) is 0 Å². The van der Waals surface area contributed by atoms with E-state index in [0.717, 1.165) is 38.5 Å². The van der Waals surface area contributed by atoms with Gasteiger partial charge in [0.1, 0.15) is 0 Å². The van der Waals surface area contributed by atoms with E-state index in [9.17, 15) is 39.6 Å². The summed E-state index contributed by atoms with van der Waals surface area (Å²) in [5, 5.41) is 42.1. The van der Waals surface area contributed by atoms with Gasteiger partial charge in [-0.1, -0.05) is 142 Å². The number of hydrogen-bond acceptors (Lipinski definition) is 8. The number of aliphatic carboxylic acids is 4. The minimum Gasteiger partial charge on any atom is -0.550 e. The van der Waals surface area contributed by atoms with Crippen LogP contribution < -0.4 is 20.4 Å². The number of carbonyl (C=O) groups is 4. The van der Waals surface area contributed by atoms with E-state index in [1.165, 1.54) is 102 Å². The number of carbonyl (C=O) groups excluding carboxylic acids is 4. The molecule has 44 heavy (non-hydrogen) atoms. The van der Waals surface area contributed by atoms with Crippen molar-refractivity contribution in [2.24, 2.45) is 0 Å². The Balaban J connectivity index is -0.000000348. The molecule has 244 valence electrons. The van der Waals surface area contributed by atoms with E-state index in [0.29, 0.717) is 12.8 Å². The van der Waals surface area contributed by atoms with Crippen molar-refractivity contribution < 1.29 is 78.6 Å². The molecule has 8 nitrogen and oxygen atoms in total. The number of hydrogen-bond donors (Lipinski definition) is 0. The van der Waals surface area contributed by atoms with Crippen molar-refractivity contribution in [2.45, 2.75) is 168 Å². The molecule has 0 aromatic carbocycles. The molecule has 0 saturated heterocycles. The first-order valence-electron chi connectivity index (χ1n) is 16.4. The SMILES string of the molecule is CCCCCCCCCCCCC=C(CC(=O)[O-])C(=O)[O-].CCCCCCCCCCCCC=C(CC(=O)[O-])C(=O)[O-].[Zn+2].[Zn+2]. The van der Waals surface area contributed by atoms with E-state index in [1.807, 2.05) is 0 Å². The molecule has 0 aliphatic carbocycles. The predicted molar refractivity (Wildman–Crippen MR) is 158 cm³/mol. The minimum atomic E-state index is -1.41. The molecule has 0 atom stereocenters. The van der Waals surface area contributed by atoms with Crippen LogP contribution in [0.2, 0.25) is 0 Å². The maximum atomic E-state index is 10.7. The molecule has 0 unspecified atom stereocenters. The van der Waals surface area contributed by atoms with Crippen LogP contribution in [0.25, 0.3) is 0 Å². The van der Waals surface area contributed by atoms with Crippen molar-refractivity contribution in [1.29, 1.82) is 0 Å². The molecule has 0 aromatic heterocycles. The van der Waals surface area contributed by atoms with Crippen LogP contribution in [-0.4, -0.2) is 23.9 Å². The standard InChI is InChI=1S/2C17H30O4.2Zn/c2*1-2-3-4-5-6-7-8-9-10-11-12-13-15(17(20)21)14-16(18)19;;/h2*13H,2-12,14H2,1H3,(H,18,19)(H,20,21);;/q;;2*+2/p-4. The number of carboxylic acids is 4. The van der Waals surface area contributed by atoms with Crippen molar-refractivity contribution in [3.05, 3.63) is 23.3 Å². The van der Waals surface area contributed by atoms with E-state index in [1.54, 1.807) is 0 Å². The van der Waals surface area contributed by atoms with Gasteiger partial charge in [0, 0.05) is 24.8 Å². The summed E-state index contributed by atoms with van der Waals surface area (Å²) in [4.78, 5) is 42.1. The Morgan fingerprint density at radius 2 is 0.636 bits per heavy atom. The van der Waals surface area contributed by atoms with E-state index in [2.05, 4.69) is 13.8 Å². The molecule has 0 saturated carbocycles. The zero-order valence-corrected chi connectivity index (χ0v) is 33.7. The van der Waals surface area contributed by atoms with Crippen molar-refractivity contribution in [3.63, 3.8) is 0 Å². The first-order valence-corrected chi connectivity index (χ1v) is 16.4. The Bertz CT molecular complexity index is 717. The molecule has 0 heterocycles. The summed E-state index contributed by atoms with van der Waals surface area (Å²) in [5.74, 6) is -5.58. The number of rotatable bonds is 28. The van der Waals surface area contributed by atoms with Crippen molar-refractivity contribution in [1.82, 2.24) is 0 Å². The van der Waals surface area contributed by atoms with Crippen LogP contribution in [0.15, 0.2) is 23.3 Å². The molecule has 10 heteroatoms. The Morgan fingerprint density at radius 3 is 0.841 bits per heavy atom. The quantitative estimate of drug-likeness (QED) is 0.0659. The van der Waals surface area contributed by atoms with Gasteiger partial charge in [-0.2, -0.15) is 0 Å². The van der Waals surface area contributed by atoms with Gasteiger partial charge in [0.2, 0.25) is 0 Å². The number of carboxylic acid groups (broad SMARTS) is 4. The summed E-state index contributed by atoms with van der Waals surface area (Å²) in [7, 11) is 0. The smallest absolute Gasteiger partial charge is 0.550 e. The molecule has 0 fully saturated rings. The van der Waals surface area contributed by atoms with E-state index >= 15 is 0 Å². The Morgan fingerprint density at radius 1 is 0.409 bits per heavy atom. The average molecular weight is 724 g/mol. The fraction of sp³-hybridized carbons (Fsp3) is 0.765. The summed E-state index contributed by atoms with van der Waals surface area (Å²) in [6, 6.07) is 0. The zero-order chi connectivity index (χ0) is 31.8. The molecule has 0 aliphatic rings. The van der Waals surface area contributed by atoms with Crippen LogP contribution in [0.3, 0.4) is 0 Å². The summed E-state index contributed by atoms with van der Waals surface area (Å²) < 4.78 is 0. The van der Waals surface area contributed by atoms with Gasteiger partial charge >= 0.3 is 39.0 Å². The molecular formula is C34H56O8Zn2. The third kappa shape index (κ3) is 38.6. The van der Waals surface area contributed by atoms with Crippen LogP contribution in [0.5, 0.6) is 0 Å². The van der Waals surface area contributed by atoms with Gasteiger partial charge in [-0.15, -0.1) is 0 Å². The fourth-order valence-electron chi connectivity index (χ4n) is 4.58. The maximum absolute atomic E-state index is 10.7. The number of allylic oxidation sites excluding steroid dienone is 2. The molecular weight excluding hydrogens is 667 g/mol. The van der Waals surface area contributed by atoms with Crippen molar-refractivity contribution >= 4 is 23.9 Å². The molecule has 0 aliphatic heterocycles. The van der Waals surface area contributed by atoms with E-state index in [-0.39, 0.29) is 50.1 Å². The third-order valence-corrected chi connectivity index (χ3v) is 7.09. The molecule has 0 radical (unpaired) electrons. The topological polar surface area (TPSA) is 161 Å². The molecule has 0 amide bonds. The predicted octanol–water partition coefficient (Wildman–Crippen LogP) is 4.22. The van der Waals surface area contributed by atoms with Gasteiger partial charge in [-0.05, 0) is 36.8 Å². The summed E-state index contributed by atoms with van der Waals surface area (Å²) >= 11 is 0. The van der Waals surface area contributed by atoms with Crippen LogP contribution in [-0.2, 0) is 58.1 Å². The van der Waals surface area contributed by atoms with Crippen LogP contribution in [0.4, 0.5) is 0 Å². The van der Waals surface area contributed by atoms with Crippen LogP contribution >= 0.6 is 0 Å². The van der Waals surface area contributed by atoms with E-state index in [4.69, 9.17) is 0 Å². The first-order chi connectivity index (χ1) is 20.1. The first kappa shape index (κ1) is 49.5. The van der Waals surface area contributed by atoms with Crippen molar-refractivity contribution in [3.8, 4) is 0 Å². The van der Waals surface area contributed by atoms with Crippen LogP contribution in [0.1, 0.15) is 168 Å². The third-order valence-electron chi connectivity index (χ3n) is 7.09. The Labute approximate surface area is 292 Å². The second kappa shape index (κ2) is 37.8. The van der Waals surface area contributed by atoms with Gasteiger partial charge < -0.3 is 39.6 Å². The van der Waals surface area contributed by atoms with Gasteiger partial charge in [0.25, 0.3) is 0 Å². The van der Waals surface area contributed by atoms with Crippen LogP contribution in [0, 0.1) is 0 Å². The Hall–Kier alpha value is -1.39. The van der Waals surface area contributed by atoms with E-state index < -0.39 is 36.7 Å². The normalized spacial score (nSPS) is 11.0. The average Bonchev–Trinajstić information content (AvgIpc) is 2.93. The summed E-state index contributed by atoms with van der Waals surface area (Å²) in [6.45, 7) is 4.43. The summed E-state index contributed by atoms with van der Waals surface area (Å²) in [6.07, 6.45) is 27.3. The molecule has 0 rings (SSSR count). The largest absolute Gasteiger partial charge is 2.00 e. The monoisotopic (exact) mass is 720 g/mol. The second-order valence-electron chi connectivity index (χ2n) is 11.1. The van der Waals surface area contributed by atoms with Gasteiger partial charge in [-0.25, -0.2) is 0 Å². The summed E-state index contributed by atoms with van der Waals surface area (Å²) in [5.41, 5.74) is -0.350. The minimum absolute atomic E-state index is 0. The molecule has 0 N–H and O–H groups in total.